The van der Waals surface area contributed by atoms with Gasteiger partial charge in [-0.1, -0.05) is 90.8 Å². The molecule has 1 N–H and O–H groups in total. The number of anilines is 1. The van der Waals surface area contributed by atoms with Gasteiger partial charge < -0.3 is 19.4 Å². The molecule has 10 nitrogen and oxygen atoms in total. The summed E-state index contributed by atoms with van der Waals surface area (Å²) in [4.78, 5) is 82.5. The molecule has 314 valence electrons. The maximum Gasteiger partial charge on any atom is 0.314 e. The number of ketones is 2. The normalized spacial score (nSPS) is 12.9. The van der Waals surface area contributed by atoms with Crippen LogP contribution in [0.1, 0.15) is 113 Å². The number of hydrogen-bond acceptors (Lipinski definition) is 10. The minimum atomic E-state index is -4.60. The molecule has 0 fully saturated rings. The maximum atomic E-state index is 15.4. The van der Waals surface area contributed by atoms with Crippen LogP contribution in [0.4, 0.5) is 5.69 Å². The number of ether oxygens (including phenoxy) is 2. The van der Waals surface area contributed by atoms with Gasteiger partial charge in [-0.3, -0.25) is 28.8 Å². The van der Waals surface area contributed by atoms with E-state index in [0.717, 1.165) is 11.1 Å². The summed E-state index contributed by atoms with van der Waals surface area (Å²) in [7, 11) is -4.60. The lowest BCUT2D eigenvalue weighted by Crippen LogP contribution is -2.33. The number of rotatable bonds is 14. The lowest BCUT2D eigenvalue weighted by Gasteiger charge is -2.25. The average molecular weight is 840 g/mol. The van der Waals surface area contributed by atoms with Gasteiger partial charge >= 0.3 is 11.9 Å². The SMILES string of the molecule is Cc1cc(C)c(C(=O)P(=O)(C(=O)c2c(C)cc(C)cc2C)c2cccc(OC(=O)C(C)CC(C)(C)C(=O)OCCNc3cccc4c3C(=O)c3ccccc3C4=O)c2)c(C)c1. The van der Waals surface area contributed by atoms with Crippen LogP contribution in [0.25, 0.3) is 0 Å². The molecule has 5 aromatic carbocycles. The Balaban J connectivity index is 1.15. The molecule has 5 aromatic rings. The topological polar surface area (TPSA) is 150 Å². The minimum absolute atomic E-state index is 0.0110. The molecule has 0 spiro atoms. The van der Waals surface area contributed by atoms with Gasteiger partial charge in [0, 0.05) is 45.4 Å². The summed E-state index contributed by atoms with van der Waals surface area (Å²) in [5.74, 6) is -2.57. The highest BCUT2D eigenvalue weighted by molar-refractivity contribution is 8.01. The Morgan fingerprint density at radius 1 is 0.672 bits per heavy atom. The molecular formula is C50H50NO9P. The quantitative estimate of drug-likeness (QED) is 0.0486. The fourth-order valence-electron chi connectivity index (χ4n) is 8.39. The number of fused-ring (bicyclic) bond motifs is 2. The summed E-state index contributed by atoms with van der Waals surface area (Å²) in [6.45, 7) is 15.8. The number of nitrogens with one attached hydrogen (secondary N) is 1. The Morgan fingerprint density at radius 2 is 1.18 bits per heavy atom. The predicted octanol–water partition coefficient (Wildman–Crippen LogP) is 9.59. The molecule has 0 aromatic heterocycles. The molecule has 1 atom stereocenters. The molecule has 11 heteroatoms. The molecule has 1 aliphatic carbocycles. The van der Waals surface area contributed by atoms with E-state index >= 15 is 4.57 Å². The molecule has 61 heavy (non-hydrogen) atoms. The van der Waals surface area contributed by atoms with E-state index in [4.69, 9.17) is 9.47 Å². The molecule has 1 aliphatic rings. The molecule has 0 amide bonds. The first-order valence-corrected chi connectivity index (χ1v) is 21.9. The number of aryl methyl sites for hydroxylation is 6. The fraction of sp³-hybridized carbons (Fsp3) is 0.280. The molecular weight excluding hydrogens is 790 g/mol. The monoisotopic (exact) mass is 839 g/mol. The van der Waals surface area contributed by atoms with Gasteiger partial charge in [0.1, 0.15) is 12.4 Å². The highest BCUT2D eigenvalue weighted by Gasteiger charge is 2.45. The second-order valence-corrected chi connectivity index (χ2v) is 19.2. The smallest absolute Gasteiger partial charge is 0.314 e. The van der Waals surface area contributed by atoms with E-state index in [1.54, 1.807) is 90.9 Å². The molecule has 1 unspecified atom stereocenters. The molecule has 0 bridgehead atoms. The van der Waals surface area contributed by atoms with E-state index in [-0.39, 0.29) is 58.9 Å². The highest BCUT2D eigenvalue weighted by atomic mass is 31.2. The first-order valence-electron chi connectivity index (χ1n) is 20.2. The standard InChI is InChI=1S/C50H50NO9P/c1-28-22-30(3)41(31(4)23-28)47(55)61(58,48(56)42-32(5)24-29(2)25-33(42)6)36-15-12-14-35(26-36)60-46(54)34(7)27-50(8,9)49(57)59-21-20-51-40-19-13-18-39-43(40)45(53)38-17-11-10-16-37(38)44(39)52/h10-19,22-26,34,51H,20-21,27H2,1-9H3. The van der Waals surface area contributed by atoms with Crippen LogP contribution in [0.2, 0.25) is 0 Å². The maximum absolute atomic E-state index is 15.4. The van der Waals surface area contributed by atoms with Crippen molar-refractivity contribution in [2.45, 2.75) is 68.7 Å². The van der Waals surface area contributed by atoms with E-state index < -0.39 is 41.5 Å². The third-order valence-corrected chi connectivity index (χ3v) is 13.7. The first kappa shape index (κ1) is 44.3. The van der Waals surface area contributed by atoms with E-state index in [9.17, 15) is 28.8 Å². The summed E-state index contributed by atoms with van der Waals surface area (Å²) in [5, 5.41) is 3.06. The third-order valence-electron chi connectivity index (χ3n) is 11.1. The van der Waals surface area contributed by atoms with Gasteiger partial charge in [0.2, 0.25) is 18.2 Å². The molecule has 0 saturated carbocycles. The largest absolute Gasteiger partial charge is 0.463 e. The van der Waals surface area contributed by atoms with Gasteiger partial charge in [0.05, 0.1) is 16.9 Å². The van der Waals surface area contributed by atoms with Crippen LogP contribution in [0, 0.1) is 52.9 Å². The van der Waals surface area contributed by atoms with E-state index in [1.165, 1.54) is 24.3 Å². The van der Waals surface area contributed by atoms with Crippen LogP contribution in [0.3, 0.4) is 0 Å². The zero-order valence-electron chi connectivity index (χ0n) is 36.0. The van der Waals surface area contributed by atoms with Crippen molar-refractivity contribution >= 4 is 52.7 Å². The van der Waals surface area contributed by atoms with Crippen molar-refractivity contribution in [3.63, 3.8) is 0 Å². The van der Waals surface area contributed by atoms with Crippen molar-refractivity contribution in [1.82, 2.24) is 0 Å². The van der Waals surface area contributed by atoms with E-state index in [1.807, 2.05) is 38.1 Å². The Kier molecular flexibility index (Phi) is 12.6. The van der Waals surface area contributed by atoms with Crippen LogP contribution in [-0.2, 0) is 18.9 Å². The summed E-state index contributed by atoms with van der Waals surface area (Å²) in [6, 6.07) is 24.7. The van der Waals surface area contributed by atoms with Crippen LogP contribution >= 0.6 is 7.14 Å². The lowest BCUT2D eigenvalue weighted by molar-refractivity contribution is -0.155. The van der Waals surface area contributed by atoms with E-state index in [2.05, 4.69) is 5.32 Å². The van der Waals surface area contributed by atoms with Crippen LogP contribution in [-0.4, -0.2) is 47.7 Å². The van der Waals surface area contributed by atoms with Gasteiger partial charge in [0.25, 0.3) is 0 Å². The van der Waals surface area contributed by atoms with Crippen LogP contribution < -0.4 is 15.4 Å². The number of esters is 2. The fourth-order valence-corrected chi connectivity index (χ4v) is 11.0. The Morgan fingerprint density at radius 3 is 1.74 bits per heavy atom. The zero-order chi connectivity index (χ0) is 44.6. The Labute approximate surface area is 356 Å². The molecule has 0 aliphatic heterocycles. The van der Waals surface area contributed by atoms with Crippen molar-refractivity contribution in [3.05, 3.63) is 158 Å². The number of carbonyl (C=O) groups excluding carboxylic acids is 6. The van der Waals surface area contributed by atoms with Gasteiger partial charge in [-0.15, -0.1) is 0 Å². The average Bonchev–Trinajstić information content (AvgIpc) is 3.20. The molecule has 6 rings (SSSR count). The number of benzene rings is 5. The Hall–Kier alpha value is -6.25. The predicted molar refractivity (Wildman–Crippen MR) is 236 cm³/mol. The first-order chi connectivity index (χ1) is 28.8. The van der Waals surface area contributed by atoms with Gasteiger partial charge in [-0.05, 0) is 102 Å². The lowest BCUT2D eigenvalue weighted by atomic mass is 9.83. The van der Waals surface area contributed by atoms with Crippen molar-refractivity contribution < 1.29 is 42.8 Å². The van der Waals surface area contributed by atoms with Gasteiger partial charge in [-0.2, -0.15) is 0 Å². The molecule has 0 heterocycles. The van der Waals surface area contributed by atoms with Gasteiger partial charge in [0.15, 0.2) is 11.6 Å². The highest BCUT2D eigenvalue weighted by Crippen LogP contribution is 2.53. The number of carbonyl (C=O) groups is 6. The summed E-state index contributed by atoms with van der Waals surface area (Å²) < 4.78 is 26.8. The molecule has 0 saturated heterocycles. The van der Waals surface area contributed by atoms with Crippen LogP contribution in [0.15, 0.2) is 91.0 Å². The third kappa shape index (κ3) is 8.68. The number of hydrogen-bond donors (Lipinski definition) is 1. The Bertz CT molecular complexity index is 2590. The van der Waals surface area contributed by atoms with Crippen molar-refractivity contribution in [1.29, 1.82) is 0 Å². The second-order valence-electron chi connectivity index (χ2n) is 16.7. The van der Waals surface area contributed by atoms with Gasteiger partial charge in [-0.25, -0.2) is 0 Å². The zero-order valence-corrected chi connectivity index (χ0v) is 36.9. The van der Waals surface area contributed by atoms with Crippen molar-refractivity contribution in [2.24, 2.45) is 11.3 Å². The van der Waals surface area contributed by atoms with E-state index in [0.29, 0.717) is 44.6 Å². The summed E-state index contributed by atoms with van der Waals surface area (Å²) >= 11 is 0. The van der Waals surface area contributed by atoms with Crippen LogP contribution in [0.5, 0.6) is 5.75 Å². The minimum Gasteiger partial charge on any atom is -0.463 e. The molecule has 0 radical (unpaired) electrons. The summed E-state index contributed by atoms with van der Waals surface area (Å²) in [6.07, 6.45) is 0.0490. The van der Waals surface area contributed by atoms with Crippen molar-refractivity contribution in [2.75, 3.05) is 18.5 Å². The summed E-state index contributed by atoms with van der Waals surface area (Å²) in [5.41, 5.74) is 3.63. The van der Waals surface area contributed by atoms with Crippen molar-refractivity contribution in [3.8, 4) is 5.75 Å². The second kappa shape index (κ2) is 17.4.